The van der Waals surface area contributed by atoms with Crippen molar-refractivity contribution in [2.45, 2.75) is 25.7 Å². The van der Waals surface area contributed by atoms with E-state index in [9.17, 15) is 13.2 Å². The molecular weight excluding hydrogens is 314 g/mol. The SMILES string of the molecule is CCOC(=O)c1cc(S(=O)(=O)Nc2cccc(C)c2)ccc1C. The molecule has 0 aromatic heterocycles. The fourth-order valence-corrected chi connectivity index (χ4v) is 3.19. The van der Waals surface area contributed by atoms with Crippen molar-refractivity contribution in [2.75, 3.05) is 11.3 Å². The van der Waals surface area contributed by atoms with Crippen LogP contribution in [0.15, 0.2) is 47.4 Å². The van der Waals surface area contributed by atoms with Crippen LogP contribution < -0.4 is 4.72 Å². The van der Waals surface area contributed by atoms with Crippen molar-refractivity contribution >= 4 is 21.7 Å². The van der Waals surface area contributed by atoms with E-state index in [1.165, 1.54) is 12.1 Å². The lowest BCUT2D eigenvalue weighted by molar-refractivity contribution is 0.0525. The second-order valence-corrected chi connectivity index (χ2v) is 6.85. The largest absolute Gasteiger partial charge is 0.462 e. The van der Waals surface area contributed by atoms with Crippen LogP contribution in [0.5, 0.6) is 0 Å². The quantitative estimate of drug-likeness (QED) is 0.852. The predicted octanol–water partition coefficient (Wildman–Crippen LogP) is 3.28. The zero-order valence-electron chi connectivity index (χ0n) is 13.3. The molecule has 1 N–H and O–H groups in total. The standard InChI is InChI=1S/C17H19NO4S/c1-4-22-17(19)16-11-15(9-8-13(16)3)23(20,21)18-14-7-5-6-12(2)10-14/h5-11,18H,4H2,1-3H3. The van der Waals surface area contributed by atoms with Crippen molar-refractivity contribution in [3.63, 3.8) is 0 Å². The number of carbonyl (C=O) groups excluding carboxylic acids is 1. The Morgan fingerprint density at radius 1 is 1.13 bits per heavy atom. The molecule has 0 aliphatic heterocycles. The minimum atomic E-state index is -3.78. The Morgan fingerprint density at radius 3 is 2.52 bits per heavy atom. The first kappa shape index (κ1) is 17.0. The Labute approximate surface area is 136 Å². The van der Waals surface area contributed by atoms with Gasteiger partial charge in [0, 0.05) is 5.69 Å². The molecule has 0 unspecified atom stereocenters. The summed E-state index contributed by atoms with van der Waals surface area (Å²) in [5, 5.41) is 0. The molecule has 0 aliphatic carbocycles. The van der Waals surface area contributed by atoms with E-state index in [1.807, 2.05) is 13.0 Å². The number of hydrogen-bond acceptors (Lipinski definition) is 4. The van der Waals surface area contributed by atoms with Crippen LogP contribution in [-0.2, 0) is 14.8 Å². The zero-order chi connectivity index (χ0) is 17.0. The highest BCUT2D eigenvalue weighted by Crippen LogP contribution is 2.20. The smallest absolute Gasteiger partial charge is 0.338 e. The van der Waals surface area contributed by atoms with Crippen molar-refractivity contribution in [3.05, 3.63) is 59.2 Å². The van der Waals surface area contributed by atoms with Gasteiger partial charge in [0.2, 0.25) is 0 Å². The maximum absolute atomic E-state index is 12.5. The molecule has 0 spiro atoms. The van der Waals surface area contributed by atoms with Gasteiger partial charge in [-0.05, 0) is 56.2 Å². The molecule has 0 saturated heterocycles. The van der Waals surface area contributed by atoms with Crippen molar-refractivity contribution in [1.29, 1.82) is 0 Å². The third-order valence-corrected chi connectivity index (χ3v) is 4.66. The number of benzene rings is 2. The molecule has 2 aromatic rings. The van der Waals surface area contributed by atoms with Crippen molar-refractivity contribution < 1.29 is 17.9 Å². The lowest BCUT2D eigenvalue weighted by atomic mass is 10.1. The van der Waals surface area contributed by atoms with Gasteiger partial charge in [0.15, 0.2) is 0 Å². The number of carbonyl (C=O) groups is 1. The number of esters is 1. The number of nitrogens with one attached hydrogen (secondary N) is 1. The minimum absolute atomic E-state index is 0.0210. The monoisotopic (exact) mass is 333 g/mol. The van der Waals surface area contributed by atoms with Crippen LogP contribution in [0.3, 0.4) is 0 Å². The molecule has 0 bridgehead atoms. The fourth-order valence-electron chi connectivity index (χ4n) is 2.12. The summed E-state index contributed by atoms with van der Waals surface area (Å²) in [4.78, 5) is 11.9. The van der Waals surface area contributed by atoms with Crippen LogP contribution in [0.1, 0.15) is 28.4 Å². The average Bonchev–Trinajstić information content (AvgIpc) is 2.47. The van der Waals surface area contributed by atoms with E-state index in [2.05, 4.69) is 4.72 Å². The Morgan fingerprint density at radius 2 is 1.87 bits per heavy atom. The van der Waals surface area contributed by atoms with E-state index in [4.69, 9.17) is 4.74 Å². The number of hydrogen-bond donors (Lipinski definition) is 1. The van der Waals surface area contributed by atoms with Gasteiger partial charge in [-0.25, -0.2) is 13.2 Å². The molecule has 0 heterocycles. The maximum Gasteiger partial charge on any atom is 0.338 e. The van der Waals surface area contributed by atoms with E-state index in [1.54, 1.807) is 38.1 Å². The van der Waals surface area contributed by atoms with Gasteiger partial charge >= 0.3 is 5.97 Å². The molecular formula is C17H19NO4S. The highest BCUT2D eigenvalue weighted by molar-refractivity contribution is 7.92. The summed E-state index contributed by atoms with van der Waals surface area (Å²) >= 11 is 0. The molecule has 122 valence electrons. The Kier molecular flexibility index (Phi) is 5.05. The minimum Gasteiger partial charge on any atom is -0.462 e. The molecule has 0 saturated carbocycles. The van der Waals surface area contributed by atoms with Gasteiger partial charge in [-0.3, -0.25) is 4.72 Å². The van der Waals surface area contributed by atoms with Crippen molar-refractivity contribution in [1.82, 2.24) is 0 Å². The van der Waals surface area contributed by atoms with E-state index in [0.29, 0.717) is 11.3 Å². The summed E-state index contributed by atoms with van der Waals surface area (Å²) in [7, 11) is -3.78. The molecule has 0 aliphatic rings. The number of aryl methyl sites for hydroxylation is 2. The maximum atomic E-state index is 12.5. The predicted molar refractivity (Wildman–Crippen MR) is 89.1 cm³/mol. The van der Waals surface area contributed by atoms with E-state index >= 15 is 0 Å². The van der Waals surface area contributed by atoms with Gasteiger partial charge in [-0.1, -0.05) is 18.2 Å². The molecule has 0 amide bonds. The van der Waals surface area contributed by atoms with Crippen molar-refractivity contribution in [3.8, 4) is 0 Å². The highest BCUT2D eigenvalue weighted by atomic mass is 32.2. The van der Waals surface area contributed by atoms with Gasteiger partial charge in [0.05, 0.1) is 17.1 Å². The summed E-state index contributed by atoms with van der Waals surface area (Å²) in [6, 6.07) is 11.5. The number of ether oxygens (including phenoxy) is 1. The highest BCUT2D eigenvalue weighted by Gasteiger charge is 2.18. The Bertz CT molecular complexity index is 828. The molecule has 6 heteroatoms. The van der Waals surface area contributed by atoms with Crippen LogP contribution in [0.4, 0.5) is 5.69 Å². The van der Waals surface area contributed by atoms with Crippen LogP contribution in [0.2, 0.25) is 0 Å². The molecule has 5 nitrogen and oxygen atoms in total. The molecule has 0 fully saturated rings. The summed E-state index contributed by atoms with van der Waals surface area (Å²) in [5.41, 5.74) is 2.33. The first-order valence-electron chi connectivity index (χ1n) is 7.21. The van der Waals surface area contributed by atoms with E-state index in [0.717, 1.165) is 5.56 Å². The lowest BCUT2D eigenvalue weighted by Crippen LogP contribution is -2.15. The van der Waals surface area contributed by atoms with Crippen molar-refractivity contribution in [2.24, 2.45) is 0 Å². The van der Waals surface area contributed by atoms with E-state index < -0.39 is 16.0 Å². The molecule has 2 rings (SSSR count). The fraction of sp³-hybridized carbons (Fsp3) is 0.235. The lowest BCUT2D eigenvalue weighted by Gasteiger charge is -2.11. The van der Waals surface area contributed by atoms with Crippen LogP contribution in [0, 0.1) is 13.8 Å². The topological polar surface area (TPSA) is 72.5 Å². The molecule has 0 radical (unpaired) electrons. The molecule has 0 atom stereocenters. The van der Waals surface area contributed by atoms with Gasteiger partial charge < -0.3 is 4.74 Å². The van der Waals surface area contributed by atoms with Gasteiger partial charge in [-0.2, -0.15) is 0 Å². The zero-order valence-corrected chi connectivity index (χ0v) is 14.1. The summed E-state index contributed by atoms with van der Waals surface area (Å²) in [5.74, 6) is -0.530. The Balaban J connectivity index is 2.36. The second-order valence-electron chi connectivity index (χ2n) is 5.17. The Hall–Kier alpha value is -2.34. The van der Waals surface area contributed by atoms with Gasteiger partial charge in [-0.15, -0.1) is 0 Å². The third kappa shape index (κ3) is 4.10. The third-order valence-electron chi connectivity index (χ3n) is 3.28. The first-order valence-corrected chi connectivity index (χ1v) is 8.69. The summed E-state index contributed by atoms with van der Waals surface area (Å²) < 4.78 is 32.5. The summed E-state index contributed by atoms with van der Waals surface area (Å²) in [6.07, 6.45) is 0. The number of sulfonamides is 1. The molecule has 23 heavy (non-hydrogen) atoms. The van der Waals surface area contributed by atoms with Crippen LogP contribution >= 0.6 is 0 Å². The molecule has 2 aromatic carbocycles. The van der Waals surface area contributed by atoms with Gasteiger partial charge in [0.1, 0.15) is 0 Å². The van der Waals surface area contributed by atoms with E-state index in [-0.39, 0.29) is 17.1 Å². The normalized spacial score (nSPS) is 11.1. The second kappa shape index (κ2) is 6.83. The number of rotatable bonds is 5. The average molecular weight is 333 g/mol. The van der Waals surface area contributed by atoms with Crippen LogP contribution in [0.25, 0.3) is 0 Å². The summed E-state index contributed by atoms with van der Waals surface area (Å²) in [6.45, 7) is 5.54. The number of anilines is 1. The van der Waals surface area contributed by atoms with Crippen LogP contribution in [-0.4, -0.2) is 21.0 Å². The first-order chi connectivity index (χ1) is 10.8. The van der Waals surface area contributed by atoms with Gasteiger partial charge in [0.25, 0.3) is 10.0 Å².